The van der Waals surface area contributed by atoms with Gasteiger partial charge in [-0.25, -0.2) is 0 Å². The van der Waals surface area contributed by atoms with Gasteiger partial charge >= 0.3 is 0 Å². The predicted octanol–water partition coefficient (Wildman–Crippen LogP) is 13.2. The Hall–Kier alpha value is -5.70. The van der Waals surface area contributed by atoms with Gasteiger partial charge in [0.15, 0.2) is 0 Å². The van der Waals surface area contributed by atoms with E-state index in [-0.39, 0.29) is 0 Å². The zero-order chi connectivity index (χ0) is 35.4. The fourth-order valence-electron chi connectivity index (χ4n) is 7.11. The molecule has 0 atom stereocenters. The molecule has 6 rings (SSSR count). The molecule has 0 aliphatic carbocycles. The van der Waals surface area contributed by atoms with Crippen LogP contribution in [-0.2, 0) is 12.8 Å². The van der Waals surface area contributed by atoms with E-state index in [9.17, 15) is 0 Å². The molecule has 0 spiro atoms. The quantitative estimate of drug-likeness (QED) is 0.109. The first-order valence-electron chi connectivity index (χ1n) is 18.4. The molecule has 0 heterocycles. The second-order valence-electron chi connectivity index (χ2n) is 13.8. The number of hydrogen-bond donors (Lipinski definition) is 0. The van der Waals surface area contributed by atoms with E-state index in [0.29, 0.717) is 11.1 Å². The van der Waals surface area contributed by atoms with Crippen LogP contribution in [0.4, 0.5) is 0 Å². The molecule has 0 saturated carbocycles. The van der Waals surface area contributed by atoms with Gasteiger partial charge in [0.2, 0.25) is 0 Å². The van der Waals surface area contributed by atoms with Gasteiger partial charge in [-0.2, -0.15) is 10.5 Å². The van der Waals surface area contributed by atoms with Crippen LogP contribution >= 0.6 is 0 Å². The van der Waals surface area contributed by atoms with Crippen molar-refractivity contribution in [2.24, 2.45) is 0 Å². The lowest BCUT2D eigenvalue weighted by molar-refractivity contribution is 0.579. The predicted molar refractivity (Wildman–Crippen MR) is 213 cm³/mol. The summed E-state index contributed by atoms with van der Waals surface area (Å²) in [6, 6.07) is 51.3. The Kier molecular flexibility index (Phi) is 11.9. The Morgan fingerprint density at radius 1 is 0.353 bits per heavy atom. The lowest BCUT2D eigenvalue weighted by Crippen LogP contribution is -1.91. The molecule has 0 unspecified atom stereocenters. The molecule has 0 saturated heterocycles. The first kappa shape index (κ1) is 35.1. The van der Waals surface area contributed by atoms with E-state index < -0.39 is 0 Å². The first-order chi connectivity index (χ1) is 25.0. The summed E-state index contributed by atoms with van der Waals surface area (Å²) in [5, 5.41) is 18.1. The molecule has 2 heteroatoms. The summed E-state index contributed by atoms with van der Waals surface area (Å²) in [4.78, 5) is 0. The standard InChI is InChI=1S/C49H46N2/c1-36-32-38(16-30-48(36)46-26-22-44(23-27-46)42-18-12-40(34-50)13-19-42)10-8-6-4-3-5-7-9-11-39-17-31-49(37(2)33-39)47-28-24-45(25-29-47)43-20-14-41(35-51)15-21-43/h12-33H,3-11H2,1-2H3. The van der Waals surface area contributed by atoms with E-state index >= 15 is 0 Å². The van der Waals surface area contributed by atoms with Crippen molar-refractivity contribution in [1.82, 2.24) is 0 Å². The highest BCUT2D eigenvalue weighted by atomic mass is 14.2. The summed E-state index contributed by atoms with van der Waals surface area (Å²) in [6.07, 6.45) is 11.4. The van der Waals surface area contributed by atoms with Gasteiger partial charge in [0.25, 0.3) is 0 Å². The van der Waals surface area contributed by atoms with Gasteiger partial charge in [0, 0.05) is 0 Å². The normalized spacial score (nSPS) is 10.8. The molecule has 0 aliphatic rings. The van der Waals surface area contributed by atoms with Crippen molar-refractivity contribution in [1.29, 1.82) is 10.5 Å². The lowest BCUT2D eigenvalue weighted by Gasteiger charge is -2.11. The third-order valence-corrected chi connectivity index (χ3v) is 10.1. The van der Waals surface area contributed by atoms with E-state index in [1.54, 1.807) is 0 Å². The second kappa shape index (κ2) is 17.3. The third kappa shape index (κ3) is 9.30. The van der Waals surface area contributed by atoms with Crippen LogP contribution in [0, 0.1) is 36.5 Å². The number of nitriles is 2. The number of nitrogens with zero attached hydrogens (tertiary/aromatic N) is 2. The molecule has 2 nitrogen and oxygen atoms in total. The number of hydrogen-bond acceptors (Lipinski definition) is 2. The summed E-state index contributed by atoms with van der Waals surface area (Å²) in [5.74, 6) is 0. The van der Waals surface area contributed by atoms with Crippen LogP contribution in [0.3, 0.4) is 0 Å². The van der Waals surface area contributed by atoms with Crippen molar-refractivity contribution in [3.05, 3.63) is 167 Å². The van der Waals surface area contributed by atoms with Crippen molar-refractivity contribution in [2.75, 3.05) is 0 Å². The maximum atomic E-state index is 9.06. The Balaban J connectivity index is 0.875. The molecule has 0 N–H and O–H groups in total. The summed E-state index contributed by atoms with van der Waals surface area (Å²) >= 11 is 0. The zero-order valence-electron chi connectivity index (χ0n) is 30.0. The van der Waals surface area contributed by atoms with Gasteiger partial charge in [0.05, 0.1) is 23.3 Å². The van der Waals surface area contributed by atoms with Gasteiger partial charge in [-0.15, -0.1) is 0 Å². The molecule has 6 aromatic carbocycles. The Bertz CT molecular complexity index is 1970. The summed E-state index contributed by atoms with van der Waals surface area (Å²) in [6.45, 7) is 4.45. The Morgan fingerprint density at radius 2 is 0.647 bits per heavy atom. The number of unbranched alkanes of at least 4 members (excludes halogenated alkanes) is 6. The minimum atomic E-state index is 0.688. The fourth-order valence-corrected chi connectivity index (χ4v) is 7.11. The van der Waals surface area contributed by atoms with Crippen LogP contribution in [0.5, 0.6) is 0 Å². The van der Waals surface area contributed by atoms with Crippen molar-refractivity contribution in [3.8, 4) is 56.6 Å². The topological polar surface area (TPSA) is 47.6 Å². The molecule has 0 bridgehead atoms. The molecule has 252 valence electrons. The van der Waals surface area contributed by atoms with Crippen molar-refractivity contribution in [2.45, 2.75) is 71.6 Å². The number of aryl methyl sites for hydroxylation is 4. The molecule has 0 aromatic heterocycles. The minimum absolute atomic E-state index is 0.688. The maximum Gasteiger partial charge on any atom is 0.0991 e. The second-order valence-corrected chi connectivity index (χ2v) is 13.8. The van der Waals surface area contributed by atoms with Crippen LogP contribution in [0.25, 0.3) is 44.5 Å². The lowest BCUT2D eigenvalue weighted by atomic mass is 9.94. The largest absolute Gasteiger partial charge is 0.192 e. The van der Waals surface area contributed by atoms with Crippen LogP contribution < -0.4 is 0 Å². The third-order valence-electron chi connectivity index (χ3n) is 10.1. The van der Waals surface area contributed by atoms with Gasteiger partial charge in [-0.1, -0.05) is 141 Å². The van der Waals surface area contributed by atoms with Crippen LogP contribution in [-0.4, -0.2) is 0 Å². The molecule has 0 amide bonds. The van der Waals surface area contributed by atoms with Crippen LogP contribution in [0.15, 0.2) is 133 Å². The average Bonchev–Trinajstić information content (AvgIpc) is 3.17. The van der Waals surface area contributed by atoms with Crippen molar-refractivity contribution < 1.29 is 0 Å². The highest BCUT2D eigenvalue weighted by Gasteiger charge is 2.07. The van der Waals surface area contributed by atoms with Crippen molar-refractivity contribution >= 4 is 0 Å². The number of rotatable bonds is 14. The summed E-state index contributed by atoms with van der Waals surface area (Å²) < 4.78 is 0. The monoisotopic (exact) mass is 662 g/mol. The minimum Gasteiger partial charge on any atom is -0.192 e. The van der Waals surface area contributed by atoms with E-state index in [4.69, 9.17) is 10.5 Å². The van der Waals surface area contributed by atoms with E-state index in [1.165, 1.54) is 101 Å². The molecule has 0 radical (unpaired) electrons. The SMILES string of the molecule is Cc1cc(CCCCCCCCCc2ccc(-c3ccc(-c4ccc(C#N)cc4)cc3)c(C)c2)ccc1-c1ccc(-c2ccc(C#N)cc2)cc1. The van der Waals surface area contributed by atoms with Crippen molar-refractivity contribution in [3.63, 3.8) is 0 Å². The van der Waals surface area contributed by atoms with Gasteiger partial charge in [-0.05, 0) is 131 Å². The first-order valence-corrected chi connectivity index (χ1v) is 18.4. The summed E-state index contributed by atoms with van der Waals surface area (Å²) in [7, 11) is 0. The van der Waals surface area contributed by atoms with Gasteiger partial charge in [0.1, 0.15) is 0 Å². The van der Waals surface area contributed by atoms with E-state index in [1.807, 2.05) is 48.5 Å². The molecular formula is C49H46N2. The Labute approximate surface area is 304 Å². The molecule has 6 aromatic rings. The fraction of sp³-hybridized carbons (Fsp3) is 0.224. The van der Waals surface area contributed by atoms with Crippen LogP contribution in [0.2, 0.25) is 0 Å². The van der Waals surface area contributed by atoms with E-state index in [2.05, 4.69) is 111 Å². The average molecular weight is 663 g/mol. The highest BCUT2D eigenvalue weighted by molar-refractivity contribution is 5.74. The van der Waals surface area contributed by atoms with Crippen LogP contribution in [0.1, 0.15) is 78.3 Å². The molecular weight excluding hydrogens is 617 g/mol. The molecule has 51 heavy (non-hydrogen) atoms. The van der Waals surface area contributed by atoms with Gasteiger partial charge in [-0.3, -0.25) is 0 Å². The highest BCUT2D eigenvalue weighted by Crippen LogP contribution is 2.30. The maximum absolute atomic E-state index is 9.06. The van der Waals surface area contributed by atoms with E-state index in [0.717, 1.165) is 24.0 Å². The summed E-state index contributed by atoms with van der Waals surface area (Å²) in [5.41, 5.74) is 16.6. The Morgan fingerprint density at radius 3 is 0.961 bits per heavy atom. The molecule has 0 fully saturated rings. The van der Waals surface area contributed by atoms with Gasteiger partial charge < -0.3 is 0 Å². The zero-order valence-corrected chi connectivity index (χ0v) is 30.0. The smallest absolute Gasteiger partial charge is 0.0991 e. The number of benzene rings is 6. The molecule has 0 aliphatic heterocycles.